The molecule has 0 saturated carbocycles. The molecule has 0 bridgehead atoms. The van der Waals surface area contributed by atoms with Crippen molar-refractivity contribution in [3.8, 4) is 10.6 Å². The van der Waals surface area contributed by atoms with Crippen molar-refractivity contribution >= 4 is 28.8 Å². The Morgan fingerprint density at radius 2 is 1.96 bits per heavy atom. The van der Waals surface area contributed by atoms with Crippen molar-refractivity contribution < 1.29 is 4.79 Å². The highest BCUT2D eigenvalue weighted by atomic mass is 35.5. The smallest absolute Gasteiger partial charge is 0.226 e. The molecular weight excluding hydrogens is 330 g/mol. The second-order valence-electron chi connectivity index (χ2n) is 4.93. The Bertz CT molecular complexity index is 787. The molecule has 2 aromatic heterocycles. The maximum atomic E-state index is 12.0. The number of carbonyl (C=O) groups is 1. The van der Waals surface area contributed by atoms with Crippen LogP contribution in [0.1, 0.15) is 11.4 Å². The number of hydrogen-bond acceptors (Lipinski definition) is 4. The van der Waals surface area contributed by atoms with E-state index in [0.717, 1.165) is 22.0 Å². The molecule has 0 fully saturated rings. The van der Waals surface area contributed by atoms with E-state index >= 15 is 0 Å². The number of hydrogen-bond donors (Lipinski definition) is 1. The number of amides is 1. The molecule has 4 nitrogen and oxygen atoms in total. The summed E-state index contributed by atoms with van der Waals surface area (Å²) in [5.41, 5.74) is 2.60. The van der Waals surface area contributed by atoms with Crippen LogP contribution in [0.15, 0.2) is 54.0 Å². The van der Waals surface area contributed by atoms with Crippen LogP contribution in [0.25, 0.3) is 10.6 Å². The zero-order valence-corrected chi connectivity index (χ0v) is 13.8. The Morgan fingerprint density at radius 3 is 2.70 bits per heavy atom. The molecule has 0 aliphatic carbocycles. The lowest BCUT2D eigenvalue weighted by molar-refractivity contribution is -0.120. The number of nitrogens with one attached hydrogen (secondary N) is 1. The van der Waals surface area contributed by atoms with E-state index in [1.165, 1.54) is 11.3 Å². The van der Waals surface area contributed by atoms with E-state index in [4.69, 9.17) is 11.6 Å². The molecule has 0 spiro atoms. The molecule has 0 unspecified atom stereocenters. The molecule has 0 aliphatic heterocycles. The van der Waals surface area contributed by atoms with Crippen LogP contribution in [0.3, 0.4) is 0 Å². The summed E-state index contributed by atoms with van der Waals surface area (Å²) in [6, 6.07) is 13.1. The van der Waals surface area contributed by atoms with Crippen LogP contribution < -0.4 is 5.32 Å². The third-order valence-electron chi connectivity index (χ3n) is 3.18. The van der Waals surface area contributed by atoms with Gasteiger partial charge in [-0.05, 0) is 24.3 Å². The third kappa shape index (κ3) is 4.37. The average Bonchev–Trinajstić information content (AvgIpc) is 3.03. The summed E-state index contributed by atoms with van der Waals surface area (Å²) >= 11 is 7.40. The summed E-state index contributed by atoms with van der Waals surface area (Å²) < 4.78 is 0. The van der Waals surface area contributed by atoms with Gasteiger partial charge in [0, 0.05) is 22.2 Å². The number of nitrogens with zero attached hydrogens (tertiary/aromatic N) is 2. The molecule has 6 heteroatoms. The molecule has 0 radical (unpaired) electrons. The first kappa shape index (κ1) is 15.6. The van der Waals surface area contributed by atoms with Gasteiger partial charge in [0.25, 0.3) is 0 Å². The summed E-state index contributed by atoms with van der Waals surface area (Å²) in [7, 11) is 0. The van der Waals surface area contributed by atoms with E-state index in [-0.39, 0.29) is 12.3 Å². The van der Waals surface area contributed by atoms with Gasteiger partial charge < -0.3 is 5.32 Å². The van der Waals surface area contributed by atoms with E-state index in [0.29, 0.717) is 11.6 Å². The maximum Gasteiger partial charge on any atom is 0.226 e. The van der Waals surface area contributed by atoms with Gasteiger partial charge in [-0.3, -0.25) is 9.78 Å². The van der Waals surface area contributed by atoms with Crippen molar-refractivity contribution in [2.24, 2.45) is 0 Å². The minimum absolute atomic E-state index is 0.0661. The van der Waals surface area contributed by atoms with Crippen LogP contribution in [0, 0.1) is 0 Å². The average molecular weight is 344 g/mol. The largest absolute Gasteiger partial charge is 0.350 e. The van der Waals surface area contributed by atoms with Crippen molar-refractivity contribution in [2.75, 3.05) is 0 Å². The molecule has 2 heterocycles. The Hall–Kier alpha value is -2.24. The topological polar surface area (TPSA) is 54.9 Å². The van der Waals surface area contributed by atoms with E-state index in [1.807, 2.05) is 47.8 Å². The van der Waals surface area contributed by atoms with Gasteiger partial charge in [-0.1, -0.05) is 29.8 Å². The summed E-state index contributed by atoms with van der Waals surface area (Å²) in [4.78, 5) is 20.7. The molecular formula is C17H14ClN3OS. The lowest BCUT2D eigenvalue weighted by atomic mass is 10.2. The van der Waals surface area contributed by atoms with Crippen LogP contribution in [0.4, 0.5) is 0 Å². The number of thiazole rings is 1. The fourth-order valence-electron chi connectivity index (χ4n) is 2.03. The molecule has 0 atom stereocenters. The Kier molecular flexibility index (Phi) is 5.00. The minimum Gasteiger partial charge on any atom is -0.350 e. The predicted octanol–water partition coefficient (Wildman–Crippen LogP) is 3.72. The van der Waals surface area contributed by atoms with Crippen LogP contribution >= 0.6 is 22.9 Å². The maximum absolute atomic E-state index is 12.0. The number of pyridine rings is 1. The molecule has 1 aromatic carbocycles. The van der Waals surface area contributed by atoms with E-state index < -0.39 is 0 Å². The van der Waals surface area contributed by atoms with Gasteiger partial charge in [0.15, 0.2) is 0 Å². The van der Waals surface area contributed by atoms with E-state index in [2.05, 4.69) is 15.3 Å². The molecule has 3 rings (SSSR count). The van der Waals surface area contributed by atoms with Gasteiger partial charge in [0.1, 0.15) is 5.01 Å². The van der Waals surface area contributed by atoms with Gasteiger partial charge in [0.2, 0.25) is 5.91 Å². The zero-order valence-electron chi connectivity index (χ0n) is 12.2. The highest BCUT2D eigenvalue weighted by Gasteiger charge is 2.09. The standard InChI is InChI=1S/C17H14ClN3OS/c18-13-6-4-12(5-7-13)17-21-15(11-23-17)9-16(22)20-10-14-3-1-2-8-19-14/h1-8,11H,9-10H2,(H,20,22). The highest BCUT2D eigenvalue weighted by Crippen LogP contribution is 2.25. The number of carbonyl (C=O) groups excluding carboxylic acids is 1. The molecule has 3 aromatic rings. The van der Waals surface area contributed by atoms with Crippen LogP contribution in [-0.4, -0.2) is 15.9 Å². The Morgan fingerprint density at radius 1 is 1.13 bits per heavy atom. The summed E-state index contributed by atoms with van der Waals surface area (Å²) in [5, 5.41) is 6.33. The van der Waals surface area contributed by atoms with E-state index in [9.17, 15) is 4.79 Å². The van der Waals surface area contributed by atoms with Gasteiger partial charge in [-0.25, -0.2) is 4.98 Å². The first-order valence-corrected chi connectivity index (χ1v) is 8.33. The number of benzene rings is 1. The van der Waals surface area contributed by atoms with E-state index in [1.54, 1.807) is 6.20 Å². The molecule has 1 amide bonds. The van der Waals surface area contributed by atoms with Gasteiger partial charge in [-0.2, -0.15) is 0 Å². The van der Waals surface area contributed by atoms with Crippen LogP contribution in [0.2, 0.25) is 5.02 Å². The first-order chi connectivity index (χ1) is 11.2. The number of halogens is 1. The van der Waals surface area contributed by atoms with Crippen molar-refractivity contribution in [1.29, 1.82) is 0 Å². The predicted molar refractivity (Wildman–Crippen MR) is 92.3 cm³/mol. The summed E-state index contributed by atoms with van der Waals surface area (Å²) in [5.74, 6) is -0.0661. The SMILES string of the molecule is O=C(Cc1csc(-c2ccc(Cl)cc2)n1)NCc1ccccn1. The summed E-state index contributed by atoms with van der Waals surface area (Å²) in [6.45, 7) is 0.424. The molecule has 1 N–H and O–H groups in total. The molecule has 23 heavy (non-hydrogen) atoms. The lowest BCUT2D eigenvalue weighted by Crippen LogP contribution is -2.25. The zero-order chi connectivity index (χ0) is 16.1. The monoisotopic (exact) mass is 343 g/mol. The van der Waals surface area contributed by atoms with Gasteiger partial charge >= 0.3 is 0 Å². The highest BCUT2D eigenvalue weighted by molar-refractivity contribution is 7.13. The fraction of sp³-hybridized carbons (Fsp3) is 0.118. The quantitative estimate of drug-likeness (QED) is 0.768. The second-order valence-corrected chi connectivity index (χ2v) is 6.22. The summed E-state index contributed by atoms with van der Waals surface area (Å²) in [6.07, 6.45) is 1.97. The molecule has 0 aliphatic rings. The second kappa shape index (κ2) is 7.35. The minimum atomic E-state index is -0.0661. The van der Waals surface area contributed by atoms with Crippen molar-refractivity contribution in [2.45, 2.75) is 13.0 Å². The third-order valence-corrected chi connectivity index (χ3v) is 4.37. The van der Waals surface area contributed by atoms with Crippen LogP contribution in [-0.2, 0) is 17.8 Å². The first-order valence-electron chi connectivity index (χ1n) is 7.07. The van der Waals surface area contributed by atoms with Gasteiger partial charge in [0.05, 0.1) is 24.4 Å². The Balaban J connectivity index is 1.58. The Labute approximate surface area is 143 Å². The fourth-order valence-corrected chi connectivity index (χ4v) is 2.98. The normalized spacial score (nSPS) is 10.5. The molecule has 0 saturated heterocycles. The lowest BCUT2D eigenvalue weighted by Gasteiger charge is -2.03. The van der Waals surface area contributed by atoms with Gasteiger partial charge in [-0.15, -0.1) is 11.3 Å². The number of rotatable bonds is 5. The van der Waals surface area contributed by atoms with Crippen molar-refractivity contribution in [3.63, 3.8) is 0 Å². The van der Waals surface area contributed by atoms with Crippen molar-refractivity contribution in [1.82, 2.24) is 15.3 Å². The molecule has 116 valence electrons. The van der Waals surface area contributed by atoms with Crippen molar-refractivity contribution in [3.05, 3.63) is 70.5 Å². The van der Waals surface area contributed by atoms with Crippen LogP contribution in [0.5, 0.6) is 0 Å². The number of aromatic nitrogens is 2.